The SMILES string of the molecule is CCCC(NC(C)C(=O)Nc1cc(OC)ccc1OC)C(=O)O.Cl. The molecule has 1 amide bonds. The van der Waals surface area contributed by atoms with Crippen molar-refractivity contribution in [3.05, 3.63) is 18.2 Å². The second kappa shape index (κ2) is 10.7. The molecule has 0 fully saturated rings. The molecule has 0 radical (unpaired) electrons. The summed E-state index contributed by atoms with van der Waals surface area (Å²) in [7, 11) is 3.03. The van der Waals surface area contributed by atoms with Crippen LogP contribution in [0.5, 0.6) is 11.5 Å². The standard InChI is InChI=1S/C16H24N2O5.ClH/c1-5-6-12(16(20)21)17-10(2)15(19)18-13-9-11(22-3)7-8-14(13)23-4;/h7-10,12,17H,5-6H2,1-4H3,(H,18,19)(H,20,21);1H. The summed E-state index contributed by atoms with van der Waals surface area (Å²) in [6.45, 7) is 3.51. The summed E-state index contributed by atoms with van der Waals surface area (Å²) >= 11 is 0. The van der Waals surface area contributed by atoms with Crippen LogP contribution >= 0.6 is 12.4 Å². The van der Waals surface area contributed by atoms with Gasteiger partial charge in [-0.15, -0.1) is 12.4 Å². The monoisotopic (exact) mass is 360 g/mol. The van der Waals surface area contributed by atoms with E-state index in [1.165, 1.54) is 14.2 Å². The third kappa shape index (κ3) is 6.25. The Balaban J connectivity index is 0.00000529. The first-order valence-corrected chi connectivity index (χ1v) is 7.44. The van der Waals surface area contributed by atoms with Crippen LogP contribution in [0.3, 0.4) is 0 Å². The van der Waals surface area contributed by atoms with Gasteiger partial charge in [0.15, 0.2) is 0 Å². The van der Waals surface area contributed by atoms with Crippen LogP contribution in [0.25, 0.3) is 0 Å². The zero-order valence-electron chi connectivity index (χ0n) is 14.3. The molecule has 0 spiro atoms. The number of hydrogen-bond acceptors (Lipinski definition) is 5. The van der Waals surface area contributed by atoms with E-state index in [1.54, 1.807) is 25.1 Å². The molecule has 0 aliphatic heterocycles. The van der Waals surface area contributed by atoms with Gasteiger partial charge >= 0.3 is 5.97 Å². The number of carbonyl (C=O) groups is 2. The normalized spacial score (nSPS) is 12.5. The first-order valence-electron chi connectivity index (χ1n) is 7.44. The van der Waals surface area contributed by atoms with Crippen LogP contribution in [0, 0.1) is 0 Å². The first kappa shape index (κ1) is 22.0. The highest BCUT2D eigenvalue weighted by molar-refractivity contribution is 5.96. The molecular weight excluding hydrogens is 336 g/mol. The van der Waals surface area contributed by atoms with Crippen molar-refractivity contribution < 1.29 is 24.2 Å². The summed E-state index contributed by atoms with van der Waals surface area (Å²) in [5.74, 6) is -0.241. The van der Waals surface area contributed by atoms with Crippen LogP contribution in [0.4, 0.5) is 5.69 Å². The maximum atomic E-state index is 12.3. The molecule has 2 atom stereocenters. The lowest BCUT2D eigenvalue weighted by molar-refractivity contribution is -0.140. The molecule has 0 heterocycles. The Morgan fingerprint density at radius 2 is 1.92 bits per heavy atom. The van der Waals surface area contributed by atoms with Gasteiger partial charge in [0.05, 0.1) is 25.9 Å². The van der Waals surface area contributed by atoms with E-state index in [0.29, 0.717) is 30.0 Å². The molecule has 0 saturated heterocycles. The molecule has 0 aromatic heterocycles. The zero-order chi connectivity index (χ0) is 17.4. The summed E-state index contributed by atoms with van der Waals surface area (Å²) in [4.78, 5) is 23.4. The molecule has 1 aromatic carbocycles. The van der Waals surface area contributed by atoms with Gasteiger partial charge in [-0.05, 0) is 25.5 Å². The van der Waals surface area contributed by atoms with Gasteiger partial charge in [-0.1, -0.05) is 13.3 Å². The molecule has 0 aliphatic carbocycles. The Kier molecular flexibility index (Phi) is 9.83. The number of rotatable bonds is 9. The highest BCUT2D eigenvalue weighted by Crippen LogP contribution is 2.28. The molecule has 2 unspecified atom stereocenters. The van der Waals surface area contributed by atoms with E-state index in [9.17, 15) is 9.59 Å². The summed E-state index contributed by atoms with van der Waals surface area (Å²) in [5.41, 5.74) is 0.466. The number of hydrogen-bond donors (Lipinski definition) is 3. The van der Waals surface area contributed by atoms with Crippen molar-refractivity contribution in [1.29, 1.82) is 0 Å². The van der Waals surface area contributed by atoms with Gasteiger partial charge in [-0.25, -0.2) is 0 Å². The lowest BCUT2D eigenvalue weighted by atomic mass is 10.1. The number of anilines is 1. The zero-order valence-corrected chi connectivity index (χ0v) is 15.1. The average Bonchev–Trinajstić information content (AvgIpc) is 2.53. The minimum absolute atomic E-state index is 0. The fourth-order valence-corrected chi connectivity index (χ4v) is 2.10. The van der Waals surface area contributed by atoms with Crippen LogP contribution < -0.4 is 20.1 Å². The number of benzene rings is 1. The minimum atomic E-state index is -0.967. The van der Waals surface area contributed by atoms with Crippen molar-refractivity contribution in [2.45, 2.75) is 38.8 Å². The molecule has 8 heteroatoms. The molecular formula is C16H25ClN2O5. The third-order valence-electron chi connectivity index (χ3n) is 3.38. The van der Waals surface area contributed by atoms with E-state index in [0.717, 1.165) is 0 Å². The van der Waals surface area contributed by atoms with E-state index in [4.69, 9.17) is 14.6 Å². The van der Waals surface area contributed by atoms with E-state index in [1.807, 2.05) is 6.92 Å². The lowest BCUT2D eigenvalue weighted by Gasteiger charge is -2.20. The number of methoxy groups -OCH3 is 2. The van der Waals surface area contributed by atoms with Gasteiger partial charge in [0, 0.05) is 6.07 Å². The molecule has 3 N–H and O–H groups in total. The Labute approximate surface area is 148 Å². The molecule has 1 rings (SSSR count). The van der Waals surface area contributed by atoms with Gasteiger partial charge < -0.3 is 19.9 Å². The van der Waals surface area contributed by atoms with Crippen LogP contribution in [0.15, 0.2) is 18.2 Å². The molecule has 136 valence electrons. The Morgan fingerprint density at radius 1 is 1.25 bits per heavy atom. The maximum Gasteiger partial charge on any atom is 0.320 e. The maximum absolute atomic E-state index is 12.3. The highest BCUT2D eigenvalue weighted by atomic mass is 35.5. The average molecular weight is 361 g/mol. The Morgan fingerprint density at radius 3 is 2.42 bits per heavy atom. The molecule has 1 aromatic rings. The van der Waals surface area contributed by atoms with Crippen molar-refractivity contribution >= 4 is 30.0 Å². The fraction of sp³-hybridized carbons (Fsp3) is 0.500. The van der Waals surface area contributed by atoms with Crippen molar-refractivity contribution in [2.75, 3.05) is 19.5 Å². The minimum Gasteiger partial charge on any atom is -0.497 e. The summed E-state index contributed by atoms with van der Waals surface area (Å²) in [5, 5.41) is 14.7. The topological polar surface area (TPSA) is 96.9 Å². The quantitative estimate of drug-likeness (QED) is 0.625. The number of ether oxygens (including phenoxy) is 2. The summed E-state index contributed by atoms with van der Waals surface area (Å²) in [6, 6.07) is 3.62. The van der Waals surface area contributed by atoms with Crippen molar-refractivity contribution in [1.82, 2.24) is 5.32 Å². The smallest absolute Gasteiger partial charge is 0.320 e. The summed E-state index contributed by atoms with van der Waals surface area (Å²) < 4.78 is 10.3. The van der Waals surface area contributed by atoms with Gasteiger partial charge in [-0.2, -0.15) is 0 Å². The van der Waals surface area contributed by atoms with Gasteiger partial charge in [-0.3, -0.25) is 14.9 Å². The van der Waals surface area contributed by atoms with E-state index >= 15 is 0 Å². The first-order chi connectivity index (χ1) is 10.9. The number of halogens is 1. The number of carboxylic acid groups (broad SMARTS) is 1. The number of nitrogens with one attached hydrogen (secondary N) is 2. The second-order valence-corrected chi connectivity index (χ2v) is 5.12. The Bertz CT molecular complexity index is 553. The van der Waals surface area contributed by atoms with E-state index in [-0.39, 0.29) is 18.3 Å². The number of carbonyl (C=O) groups excluding carboxylic acids is 1. The number of carboxylic acids is 1. The van der Waals surface area contributed by atoms with Crippen LogP contribution in [-0.4, -0.2) is 43.3 Å². The van der Waals surface area contributed by atoms with Crippen LogP contribution in [-0.2, 0) is 9.59 Å². The Hall–Kier alpha value is -1.99. The van der Waals surface area contributed by atoms with E-state index in [2.05, 4.69) is 10.6 Å². The van der Waals surface area contributed by atoms with Crippen molar-refractivity contribution in [3.63, 3.8) is 0 Å². The fourth-order valence-electron chi connectivity index (χ4n) is 2.10. The number of aliphatic carboxylic acids is 1. The molecule has 0 aliphatic rings. The molecule has 24 heavy (non-hydrogen) atoms. The second-order valence-electron chi connectivity index (χ2n) is 5.12. The van der Waals surface area contributed by atoms with Gasteiger partial charge in [0.2, 0.25) is 5.91 Å². The largest absolute Gasteiger partial charge is 0.497 e. The van der Waals surface area contributed by atoms with Crippen LogP contribution in [0.1, 0.15) is 26.7 Å². The lowest BCUT2D eigenvalue weighted by Crippen LogP contribution is -2.47. The van der Waals surface area contributed by atoms with Gasteiger partial charge in [0.1, 0.15) is 17.5 Å². The number of amides is 1. The van der Waals surface area contributed by atoms with Crippen LogP contribution in [0.2, 0.25) is 0 Å². The van der Waals surface area contributed by atoms with E-state index < -0.39 is 18.1 Å². The predicted octanol–water partition coefficient (Wildman–Crippen LogP) is 2.30. The highest BCUT2D eigenvalue weighted by Gasteiger charge is 2.23. The summed E-state index contributed by atoms with van der Waals surface area (Å²) in [6.07, 6.45) is 1.16. The van der Waals surface area contributed by atoms with Gasteiger partial charge in [0.25, 0.3) is 0 Å². The predicted molar refractivity (Wildman–Crippen MR) is 94.4 cm³/mol. The molecule has 0 bridgehead atoms. The molecule has 0 saturated carbocycles. The van der Waals surface area contributed by atoms with Crippen molar-refractivity contribution in [3.8, 4) is 11.5 Å². The molecule has 7 nitrogen and oxygen atoms in total. The third-order valence-corrected chi connectivity index (χ3v) is 3.38. The van der Waals surface area contributed by atoms with Crippen molar-refractivity contribution in [2.24, 2.45) is 0 Å².